The van der Waals surface area contributed by atoms with Crippen molar-refractivity contribution < 1.29 is 14.7 Å². The lowest BCUT2D eigenvalue weighted by Crippen LogP contribution is -2.44. The second kappa shape index (κ2) is 6.42. The van der Waals surface area contributed by atoms with Crippen molar-refractivity contribution >= 4 is 11.9 Å². The van der Waals surface area contributed by atoms with E-state index in [1.54, 1.807) is 30.3 Å². The maximum atomic E-state index is 11.6. The van der Waals surface area contributed by atoms with E-state index in [1.807, 2.05) is 0 Å². The van der Waals surface area contributed by atoms with Gasteiger partial charge in [-0.05, 0) is 5.56 Å². The van der Waals surface area contributed by atoms with Gasteiger partial charge in [0.15, 0.2) is 6.04 Å². The zero-order valence-corrected chi connectivity index (χ0v) is 9.67. The first-order valence-corrected chi connectivity index (χ1v) is 5.33. The Hall–Kier alpha value is -2.32. The molecule has 1 aromatic carbocycles. The number of amides is 1. The summed E-state index contributed by atoms with van der Waals surface area (Å²) in [5.74, 6) is 0.527. The third-order valence-corrected chi connectivity index (χ3v) is 2.34. The molecule has 0 heterocycles. The lowest BCUT2D eigenvalue weighted by atomic mass is 10.1. The Balaban J connectivity index is 2.80. The summed E-state index contributed by atoms with van der Waals surface area (Å²) in [6.07, 6.45) is 5.11. The van der Waals surface area contributed by atoms with Crippen LogP contribution in [-0.4, -0.2) is 23.0 Å². The van der Waals surface area contributed by atoms with E-state index in [4.69, 9.17) is 17.3 Å². The molecule has 1 rings (SSSR count). The Labute approximate surface area is 105 Å². The average molecular weight is 246 g/mol. The summed E-state index contributed by atoms with van der Waals surface area (Å²) in [5, 5.41) is 11.4. The minimum absolute atomic E-state index is 0.0625. The van der Waals surface area contributed by atoms with Crippen LogP contribution in [0.25, 0.3) is 0 Å². The van der Waals surface area contributed by atoms with Gasteiger partial charge in [-0.3, -0.25) is 4.79 Å². The number of carbonyl (C=O) groups excluding carboxylic acids is 1. The van der Waals surface area contributed by atoms with Crippen molar-refractivity contribution in [3.63, 3.8) is 0 Å². The van der Waals surface area contributed by atoms with Crippen LogP contribution in [0.3, 0.4) is 0 Å². The highest BCUT2D eigenvalue weighted by Gasteiger charge is 2.24. The van der Waals surface area contributed by atoms with Gasteiger partial charge >= 0.3 is 5.97 Å². The first-order valence-electron chi connectivity index (χ1n) is 5.33. The molecule has 94 valence electrons. The van der Waals surface area contributed by atoms with E-state index in [0.29, 0.717) is 5.56 Å². The van der Waals surface area contributed by atoms with Crippen LogP contribution in [-0.2, 0) is 9.59 Å². The van der Waals surface area contributed by atoms with Gasteiger partial charge in [-0.2, -0.15) is 0 Å². The molecule has 2 atom stereocenters. The molecule has 4 N–H and O–H groups in total. The topological polar surface area (TPSA) is 92.4 Å². The third-order valence-electron chi connectivity index (χ3n) is 2.34. The predicted octanol–water partition coefficient (Wildman–Crippen LogP) is 0.279. The molecule has 0 aliphatic carbocycles. The molecule has 1 amide bonds. The first kappa shape index (κ1) is 13.7. The van der Waals surface area contributed by atoms with Crippen molar-refractivity contribution in [3.05, 3.63) is 35.9 Å². The van der Waals surface area contributed by atoms with Gasteiger partial charge in [-0.1, -0.05) is 30.3 Å². The fourth-order valence-electron chi connectivity index (χ4n) is 1.40. The standard InChI is InChI=1S/C13H14N2O3/c1-2-6-10(14)12(16)15-11(13(17)18)9-7-4-3-5-8-9/h1,3-5,7-8,10-11H,6,14H2,(H,15,16)(H,17,18)/t10?,11-/m0/s1. The summed E-state index contributed by atoms with van der Waals surface area (Å²) < 4.78 is 0. The van der Waals surface area contributed by atoms with Crippen molar-refractivity contribution in [2.75, 3.05) is 0 Å². The number of rotatable bonds is 5. The maximum Gasteiger partial charge on any atom is 0.330 e. The smallest absolute Gasteiger partial charge is 0.330 e. The fraction of sp³-hybridized carbons (Fsp3) is 0.231. The Morgan fingerprint density at radius 2 is 2.00 bits per heavy atom. The molecule has 0 aliphatic rings. The largest absolute Gasteiger partial charge is 0.479 e. The fourth-order valence-corrected chi connectivity index (χ4v) is 1.40. The molecule has 1 unspecified atom stereocenters. The molecule has 0 saturated carbocycles. The van der Waals surface area contributed by atoms with E-state index in [0.717, 1.165) is 0 Å². The van der Waals surface area contributed by atoms with Gasteiger partial charge in [0.2, 0.25) is 5.91 Å². The van der Waals surface area contributed by atoms with E-state index in [2.05, 4.69) is 11.2 Å². The van der Waals surface area contributed by atoms with Crippen molar-refractivity contribution in [1.82, 2.24) is 5.32 Å². The number of nitrogens with two attached hydrogens (primary N) is 1. The van der Waals surface area contributed by atoms with Gasteiger partial charge in [0.25, 0.3) is 0 Å². The van der Waals surface area contributed by atoms with E-state index < -0.39 is 24.0 Å². The number of hydrogen-bond acceptors (Lipinski definition) is 3. The van der Waals surface area contributed by atoms with Crippen molar-refractivity contribution in [2.24, 2.45) is 5.73 Å². The number of carbonyl (C=O) groups is 2. The number of benzene rings is 1. The summed E-state index contributed by atoms with van der Waals surface area (Å²) in [6.45, 7) is 0. The Kier molecular flexibility index (Phi) is 4.90. The molecule has 0 aromatic heterocycles. The summed E-state index contributed by atoms with van der Waals surface area (Å²) in [7, 11) is 0. The van der Waals surface area contributed by atoms with Crippen molar-refractivity contribution in [1.29, 1.82) is 0 Å². The Morgan fingerprint density at radius 1 is 1.39 bits per heavy atom. The molecular weight excluding hydrogens is 232 g/mol. The monoisotopic (exact) mass is 246 g/mol. The molecule has 0 bridgehead atoms. The molecule has 0 radical (unpaired) electrons. The second-order valence-electron chi connectivity index (χ2n) is 3.71. The molecule has 0 fully saturated rings. The van der Waals surface area contributed by atoms with Crippen molar-refractivity contribution in [3.8, 4) is 12.3 Å². The first-order chi connectivity index (χ1) is 8.56. The Morgan fingerprint density at radius 3 is 2.50 bits per heavy atom. The van der Waals surface area contributed by atoms with Crippen LogP contribution in [0, 0.1) is 12.3 Å². The molecule has 0 spiro atoms. The van der Waals surface area contributed by atoms with Gasteiger partial charge in [-0.25, -0.2) is 4.79 Å². The predicted molar refractivity (Wildman–Crippen MR) is 66.4 cm³/mol. The lowest BCUT2D eigenvalue weighted by molar-refractivity contribution is -0.142. The molecule has 1 aromatic rings. The van der Waals surface area contributed by atoms with E-state index in [-0.39, 0.29) is 6.42 Å². The number of aliphatic carboxylic acids is 1. The number of terminal acetylenes is 1. The number of carboxylic acid groups (broad SMARTS) is 1. The highest BCUT2D eigenvalue weighted by molar-refractivity contribution is 5.87. The van der Waals surface area contributed by atoms with Crippen LogP contribution in [0.15, 0.2) is 30.3 Å². The second-order valence-corrected chi connectivity index (χ2v) is 3.71. The Bertz CT molecular complexity index is 465. The highest BCUT2D eigenvalue weighted by Crippen LogP contribution is 2.12. The van der Waals surface area contributed by atoms with Crippen LogP contribution in [0.5, 0.6) is 0 Å². The highest BCUT2D eigenvalue weighted by atomic mass is 16.4. The van der Waals surface area contributed by atoms with Gasteiger partial charge in [-0.15, -0.1) is 12.3 Å². The van der Waals surface area contributed by atoms with Crippen LogP contribution >= 0.6 is 0 Å². The average Bonchev–Trinajstić information content (AvgIpc) is 2.36. The van der Waals surface area contributed by atoms with Gasteiger partial charge < -0.3 is 16.2 Å². The number of nitrogens with one attached hydrogen (secondary N) is 1. The normalized spacial score (nSPS) is 13.1. The minimum Gasteiger partial charge on any atom is -0.479 e. The molecule has 5 nitrogen and oxygen atoms in total. The zero-order valence-electron chi connectivity index (χ0n) is 9.67. The van der Waals surface area contributed by atoms with E-state index in [9.17, 15) is 9.59 Å². The van der Waals surface area contributed by atoms with Crippen LogP contribution < -0.4 is 11.1 Å². The molecular formula is C13H14N2O3. The van der Waals surface area contributed by atoms with Crippen LogP contribution in [0.2, 0.25) is 0 Å². The third kappa shape index (κ3) is 3.61. The number of carboxylic acids is 1. The van der Waals surface area contributed by atoms with Gasteiger partial charge in [0.1, 0.15) is 0 Å². The molecule has 0 saturated heterocycles. The minimum atomic E-state index is -1.15. The van der Waals surface area contributed by atoms with Gasteiger partial charge in [0, 0.05) is 6.42 Å². The quantitative estimate of drug-likeness (QED) is 0.651. The van der Waals surface area contributed by atoms with E-state index >= 15 is 0 Å². The number of hydrogen-bond donors (Lipinski definition) is 3. The van der Waals surface area contributed by atoms with Crippen LogP contribution in [0.4, 0.5) is 0 Å². The SMILES string of the molecule is C#CCC(N)C(=O)N[C@H](C(=O)O)c1ccccc1. The molecule has 18 heavy (non-hydrogen) atoms. The van der Waals surface area contributed by atoms with Crippen LogP contribution in [0.1, 0.15) is 18.0 Å². The summed E-state index contributed by atoms with van der Waals surface area (Å²) in [6, 6.07) is 6.35. The lowest BCUT2D eigenvalue weighted by Gasteiger charge is -2.17. The molecule has 0 aliphatic heterocycles. The van der Waals surface area contributed by atoms with Crippen molar-refractivity contribution in [2.45, 2.75) is 18.5 Å². The molecule has 5 heteroatoms. The zero-order chi connectivity index (χ0) is 13.5. The summed E-state index contributed by atoms with van der Waals surface area (Å²) in [4.78, 5) is 22.7. The van der Waals surface area contributed by atoms with E-state index in [1.165, 1.54) is 0 Å². The summed E-state index contributed by atoms with van der Waals surface area (Å²) in [5.41, 5.74) is 5.98. The van der Waals surface area contributed by atoms with Gasteiger partial charge in [0.05, 0.1) is 6.04 Å². The summed E-state index contributed by atoms with van der Waals surface area (Å²) >= 11 is 0. The maximum absolute atomic E-state index is 11.6.